The summed E-state index contributed by atoms with van der Waals surface area (Å²) in [5.74, 6) is 0.876. The van der Waals surface area contributed by atoms with Gasteiger partial charge in [0.05, 0.1) is 12.7 Å². The molecule has 3 N–H and O–H groups in total. The van der Waals surface area contributed by atoms with Crippen molar-refractivity contribution in [1.29, 1.82) is 0 Å². The van der Waals surface area contributed by atoms with E-state index in [1.807, 2.05) is 25.1 Å². The number of nitrogens with zero attached hydrogens (tertiary/aromatic N) is 1. The summed E-state index contributed by atoms with van der Waals surface area (Å²) >= 11 is 0. The first-order chi connectivity index (χ1) is 12.3. The summed E-state index contributed by atoms with van der Waals surface area (Å²) in [5, 5.41) is 2.96. The Morgan fingerprint density at radius 1 is 1.19 bits per heavy atom. The van der Waals surface area contributed by atoms with E-state index in [-0.39, 0.29) is 35.9 Å². The molecule has 0 spiro atoms. The van der Waals surface area contributed by atoms with Crippen molar-refractivity contribution in [3.05, 3.63) is 59.7 Å². The number of ether oxygens (including phenoxy) is 1. The molecular formula is C19H23F3IN3O. The Labute approximate surface area is 174 Å². The summed E-state index contributed by atoms with van der Waals surface area (Å²) in [6, 6.07) is 12.6. The highest BCUT2D eigenvalue weighted by molar-refractivity contribution is 14.0. The molecule has 8 heteroatoms. The van der Waals surface area contributed by atoms with Crippen LogP contribution in [0.25, 0.3) is 0 Å². The molecule has 0 bridgehead atoms. The molecule has 2 rings (SSSR count). The van der Waals surface area contributed by atoms with E-state index >= 15 is 0 Å². The van der Waals surface area contributed by atoms with Gasteiger partial charge in [0.1, 0.15) is 5.75 Å². The number of aliphatic imine (C=N–C) groups is 1. The molecule has 1 unspecified atom stereocenters. The van der Waals surface area contributed by atoms with Crippen LogP contribution in [0.4, 0.5) is 18.9 Å². The Balaban J connectivity index is 0.00000364. The number of halogens is 4. The average molecular weight is 493 g/mol. The van der Waals surface area contributed by atoms with Gasteiger partial charge in [0.25, 0.3) is 0 Å². The zero-order chi connectivity index (χ0) is 19.2. The second kappa shape index (κ2) is 10.4. The summed E-state index contributed by atoms with van der Waals surface area (Å²) in [4.78, 5) is 4.23. The minimum Gasteiger partial charge on any atom is -0.497 e. The molecule has 0 heterocycles. The third-order valence-electron chi connectivity index (χ3n) is 3.97. The molecule has 0 amide bonds. The van der Waals surface area contributed by atoms with Crippen LogP contribution in [0.1, 0.15) is 30.4 Å². The molecule has 148 valence electrons. The molecular weight excluding hydrogens is 470 g/mol. The van der Waals surface area contributed by atoms with Crippen molar-refractivity contribution in [2.24, 2.45) is 10.7 Å². The number of anilines is 1. The number of nitrogens with two attached hydrogens (primary N) is 1. The van der Waals surface area contributed by atoms with Gasteiger partial charge >= 0.3 is 6.18 Å². The molecule has 0 aliphatic rings. The van der Waals surface area contributed by atoms with E-state index in [0.29, 0.717) is 24.3 Å². The zero-order valence-electron chi connectivity index (χ0n) is 15.1. The average Bonchev–Trinajstić information content (AvgIpc) is 2.61. The normalized spacial score (nSPS) is 12.9. The Morgan fingerprint density at radius 2 is 1.89 bits per heavy atom. The van der Waals surface area contributed by atoms with Crippen LogP contribution in [0.15, 0.2) is 53.5 Å². The first-order valence-corrected chi connectivity index (χ1v) is 8.17. The zero-order valence-corrected chi connectivity index (χ0v) is 17.4. The van der Waals surface area contributed by atoms with Gasteiger partial charge in [-0.1, -0.05) is 31.2 Å². The topological polar surface area (TPSA) is 59.6 Å². The minimum absolute atomic E-state index is 0. The highest BCUT2D eigenvalue weighted by Crippen LogP contribution is 2.31. The van der Waals surface area contributed by atoms with Gasteiger partial charge in [-0.2, -0.15) is 13.2 Å². The van der Waals surface area contributed by atoms with Crippen molar-refractivity contribution in [1.82, 2.24) is 0 Å². The first-order valence-electron chi connectivity index (χ1n) is 8.17. The number of benzene rings is 2. The molecule has 0 aliphatic carbocycles. The standard InChI is InChI=1S/C19H22F3N3O.HI/c1-13(14-5-3-6-15(11-14)19(20,21)22)9-10-24-18(23)25-16-7-4-8-17(12-16)26-2;/h3-8,11-13H,9-10H2,1-2H3,(H3,23,24,25);1H. The number of hydrogen-bond donors (Lipinski definition) is 2. The van der Waals surface area contributed by atoms with Crippen molar-refractivity contribution in [2.75, 3.05) is 19.0 Å². The van der Waals surface area contributed by atoms with E-state index in [4.69, 9.17) is 10.5 Å². The lowest BCUT2D eigenvalue weighted by molar-refractivity contribution is -0.137. The molecule has 0 aliphatic heterocycles. The fraction of sp³-hybridized carbons (Fsp3) is 0.316. The summed E-state index contributed by atoms with van der Waals surface area (Å²) < 4.78 is 43.5. The summed E-state index contributed by atoms with van der Waals surface area (Å²) in [5.41, 5.74) is 6.60. The van der Waals surface area contributed by atoms with E-state index < -0.39 is 11.7 Å². The van der Waals surface area contributed by atoms with Crippen molar-refractivity contribution >= 4 is 35.6 Å². The van der Waals surface area contributed by atoms with E-state index in [1.54, 1.807) is 19.2 Å². The van der Waals surface area contributed by atoms with Crippen molar-refractivity contribution in [2.45, 2.75) is 25.4 Å². The number of alkyl halides is 3. The van der Waals surface area contributed by atoms with Crippen LogP contribution in [-0.2, 0) is 6.18 Å². The summed E-state index contributed by atoms with van der Waals surface area (Å²) in [6.07, 6.45) is -3.75. The fourth-order valence-electron chi connectivity index (χ4n) is 2.46. The number of methoxy groups -OCH3 is 1. The summed E-state index contributed by atoms with van der Waals surface area (Å²) in [7, 11) is 1.58. The van der Waals surface area contributed by atoms with Crippen molar-refractivity contribution < 1.29 is 17.9 Å². The van der Waals surface area contributed by atoms with Gasteiger partial charge < -0.3 is 15.8 Å². The minimum atomic E-state index is -4.33. The molecule has 1 atom stereocenters. The van der Waals surface area contributed by atoms with Gasteiger partial charge in [0.2, 0.25) is 0 Å². The molecule has 0 fully saturated rings. The lowest BCUT2D eigenvalue weighted by Crippen LogP contribution is -2.23. The van der Waals surface area contributed by atoms with E-state index in [2.05, 4.69) is 10.3 Å². The second-order valence-corrected chi connectivity index (χ2v) is 5.94. The fourth-order valence-corrected chi connectivity index (χ4v) is 2.46. The maximum Gasteiger partial charge on any atom is 0.416 e. The van der Waals surface area contributed by atoms with Crippen LogP contribution in [0, 0.1) is 0 Å². The third-order valence-corrected chi connectivity index (χ3v) is 3.97. The monoisotopic (exact) mass is 493 g/mol. The van der Waals surface area contributed by atoms with Crippen LogP contribution < -0.4 is 15.8 Å². The Hall–Kier alpha value is -1.97. The maximum atomic E-state index is 12.8. The molecule has 4 nitrogen and oxygen atoms in total. The Kier molecular flexibility index (Phi) is 8.87. The Bertz CT molecular complexity index is 766. The maximum absolute atomic E-state index is 12.8. The number of nitrogens with one attached hydrogen (secondary N) is 1. The number of guanidine groups is 1. The Morgan fingerprint density at radius 3 is 2.56 bits per heavy atom. The SMILES string of the molecule is COc1cccc(NC(N)=NCCC(C)c2cccc(C(F)(F)F)c2)c1.I. The lowest BCUT2D eigenvalue weighted by Gasteiger charge is -2.14. The first kappa shape index (κ1) is 23.1. The summed E-state index contributed by atoms with van der Waals surface area (Å²) in [6.45, 7) is 2.27. The van der Waals surface area contributed by atoms with Crippen LogP contribution in [0.2, 0.25) is 0 Å². The predicted molar refractivity (Wildman–Crippen MR) is 113 cm³/mol. The molecule has 27 heavy (non-hydrogen) atoms. The van der Waals surface area contributed by atoms with Crippen LogP contribution >= 0.6 is 24.0 Å². The molecule has 0 radical (unpaired) electrons. The molecule has 0 saturated carbocycles. The van der Waals surface area contributed by atoms with Gasteiger partial charge in [0.15, 0.2) is 5.96 Å². The van der Waals surface area contributed by atoms with Gasteiger partial charge in [-0.05, 0) is 36.1 Å². The molecule has 2 aromatic rings. The number of rotatable bonds is 6. The van der Waals surface area contributed by atoms with Crippen LogP contribution in [-0.4, -0.2) is 19.6 Å². The third kappa shape index (κ3) is 7.28. The van der Waals surface area contributed by atoms with Crippen LogP contribution in [0.5, 0.6) is 5.75 Å². The molecule has 2 aromatic carbocycles. The predicted octanol–water partition coefficient (Wildman–Crippen LogP) is 5.25. The highest BCUT2D eigenvalue weighted by atomic mass is 127. The van der Waals surface area contributed by atoms with Crippen LogP contribution in [0.3, 0.4) is 0 Å². The largest absolute Gasteiger partial charge is 0.497 e. The highest BCUT2D eigenvalue weighted by Gasteiger charge is 2.30. The quantitative estimate of drug-likeness (QED) is 0.328. The van der Waals surface area contributed by atoms with Crippen molar-refractivity contribution in [3.8, 4) is 5.75 Å². The van der Waals surface area contributed by atoms with Gasteiger partial charge in [-0.15, -0.1) is 24.0 Å². The van der Waals surface area contributed by atoms with E-state index in [1.165, 1.54) is 12.1 Å². The molecule has 0 aromatic heterocycles. The van der Waals surface area contributed by atoms with Gasteiger partial charge in [-0.3, -0.25) is 4.99 Å². The smallest absolute Gasteiger partial charge is 0.416 e. The second-order valence-electron chi connectivity index (χ2n) is 5.94. The van der Waals surface area contributed by atoms with Gasteiger partial charge in [-0.25, -0.2) is 0 Å². The van der Waals surface area contributed by atoms with Crippen molar-refractivity contribution in [3.63, 3.8) is 0 Å². The lowest BCUT2D eigenvalue weighted by atomic mass is 9.96. The van der Waals surface area contributed by atoms with Gasteiger partial charge in [0, 0.05) is 18.3 Å². The van der Waals surface area contributed by atoms with E-state index in [9.17, 15) is 13.2 Å². The van der Waals surface area contributed by atoms with E-state index in [0.717, 1.165) is 11.8 Å². The number of hydrogen-bond acceptors (Lipinski definition) is 2. The molecule has 0 saturated heterocycles.